The minimum absolute atomic E-state index is 0.242. The van der Waals surface area contributed by atoms with Crippen LogP contribution in [0.3, 0.4) is 0 Å². The van der Waals surface area contributed by atoms with Gasteiger partial charge in [-0.3, -0.25) is 4.98 Å². The molecule has 0 radical (unpaired) electrons. The van der Waals surface area contributed by atoms with Crippen LogP contribution in [0.4, 0.5) is 11.8 Å². The Balaban J connectivity index is 1.89. The predicted octanol–water partition coefficient (Wildman–Crippen LogP) is 2.98. The maximum Gasteiger partial charge on any atom is 0.221 e. The van der Waals surface area contributed by atoms with E-state index in [0.29, 0.717) is 12.4 Å². The van der Waals surface area contributed by atoms with Gasteiger partial charge < -0.3 is 11.1 Å². The third-order valence-electron chi connectivity index (χ3n) is 2.93. The van der Waals surface area contributed by atoms with Crippen molar-refractivity contribution in [1.29, 1.82) is 0 Å². The highest BCUT2D eigenvalue weighted by Gasteiger charge is 2.05. The summed E-state index contributed by atoms with van der Waals surface area (Å²) in [5.41, 5.74) is 7.68. The lowest BCUT2D eigenvalue weighted by atomic mass is 10.1. The summed E-state index contributed by atoms with van der Waals surface area (Å²) in [6, 6.07) is 10.1. The van der Waals surface area contributed by atoms with E-state index in [4.69, 9.17) is 5.73 Å². The van der Waals surface area contributed by atoms with Gasteiger partial charge in [-0.25, -0.2) is 4.98 Å². The Morgan fingerprint density at radius 3 is 2.90 bits per heavy atom. The second-order valence-electron chi connectivity index (χ2n) is 4.27. The van der Waals surface area contributed by atoms with Gasteiger partial charge in [0.2, 0.25) is 5.95 Å². The summed E-state index contributed by atoms with van der Waals surface area (Å²) < 4.78 is 0.778. The fraction of sp³-hybridized carbons (Fsp3) is 0.0714. The normalized spacial score (nSPS) is 10.7. The fourth-order valence-electron chi connectivity index (χ4n) is 1.99. The lowest BCUT2D eigenvalue weighted by Crippen LogP contribution is -2.05. The monoisotopic (exact) mass is 329 g/mol. The molecule has 0 aliphatic heterocycles. The van der Waals surface area contributed by atoms with E-state index in [0.717, 1.165) is 20.9 Å². The van der Waals surface area contributed by atoms with Crippen molar-refractivity contribution in [3.63, 3.8) is 0 Å². The average molecular weight is 330 g/mol. The van der Waals surface area contributed by atoms with Crippen LogP contribution in [-0.4, -0.2) is 15.0 Å². The number of aromatic nitrogens is 3. The number of nitrogen functional groups attached to an aromatic ring is 1. The van der Waals surface area contributed by atoms with Crippen LogP contribution in [0.25, 0.3) is 10.9 Å². The zero-order valence-corrected chi connectivity index (χ0v) is 12.1. The number of nitrogens with one attached hydrogen (secondary N) is 1. The molecule has 1 aromatic carbocycles. The molecule has 0 amide bonds. The van der Waals surface area contributed by atoms with E-state index in [1.165, 1.54) is 0 Å². The van der Waals surface area contributed by atoms with E-state index in [2.05, 4.69) is 36.2 Å². The molecular formula is C14H12BrN5. The number of nitrogens with two attached hydrogens (primary N) is 1. The van der Waals surface area contributed by atoms with Gasteiger partial charge in [0.05, 0.1) is 9.99 Å². The molecule has 0 saturated carbocycles. The minimum Gasteiger partial charge on any atom is -0.368 e. The van der Waals surface area contributed by atoms with E-state index < -0.39 is 0 Å². The topological polar surface area (TPSA) is 76.7 Å². The highest BCUT2D eigenvalue weighted by atomic mass is 79.9. The summed E-state index contributed by atoms with van der Waals surface area (Å²) >= 11 is 3.40. The van der Waals surface area contributed by atoms with Crippen molar-refractivity contribution in [3.05, 3.63) is 52.8 Å². The molecule has 0 fully saturated rings. The first-order chi connectivity index (χ1) is 9.74. The number of halogens is 1. The lowest BCUT2D eigenvalue weighted by Gasteiger charge is -2.09. The van der Waals surface area contributed by atoms with Gasteiger partial charge in [0.25, 0.3) is 0 Å². The van der Waals surface area contributed by atoms with E-state index in [9.17, 15) is 0 Å². The van der Waals surface area contributed by atoms with Gasteiger partial charge in [-0.2, -0.15) is 4.98 Å². The van der Waals surface area contributed by atoms with Crippen LogP contribution in [0, 0.1) is 0 Å². The van der Waals surface area contributed by atoms with Crippen molar-refractivity contribution in [2.75, 3.05) is 11.1 Å². The summed E-state index contributed by atoms with van der Waals surface area (Å²) in [7, 11) is 0. The Hall–Kier alpha value is -2.21. The van der Waals surface area contributed by atoms with Gasteiger partial charge in [0.1, 0.15) is 5.82 Å². The molecule has 0 unspecified atom stereocenters. The molecule has 3 aromatic rings. The number of para-hydroxylation sites is 1. The van der Waals surface area contributed by atoms with Gasteiger partial charge in [-0.15, -0.1) is 0 Å². The molecule has 0 atom stereocenters. The minimum atomic E-state index is 0.242. The van der Waals surface area contributed by atoms with E-state index >= 15 is 0 Å². The van der Waals surface area contributed by atoms with Crippen LogP contribution in [-0.2, 0) is 6.54 Å². The Morgan fingerprint density at radius 2 is 2.00 bits per heavy atom. The van der Waals surface area contributed by atoms with Gasteiger partial charge >= 0.3 is 0 Å². The van der Waals surface area contributed by atoms with Crippen molar-refractivity contribution in [2.24, 2.45) is 0 Å². The smallest absolute Gasteiger partial charge is 0.221 e. The first kappa shape index (κ1) is 12.8. The van der Waals surface area contributed by atoms with E-state index in [1.54, 1.807) is 12.4 Å². The van der Waals surface area contributed by atoms with Crippen LogP contribution in [0.15, 0.2) is 47.2 Å². The first-order valence-corrected chi connectivity index (χ1v) is 6.88. The van der Waals surface area contributed by atoms with Crippen LogP contribution in [0.1, 0.15) is 5.56 Å². The zero-order valence-electron chi connectivity index (χ0n) is 10.5. The highest BCUT2D eigenvalue weighted by molar-refractivity contribution is 9.10. The Bertz CT molecular complexity index is 754. The molecule has 20 heavy (non-hydrogen) atoms. The third-order valence-corrected chi connectivity index (χ3v) is 3.51. The number of hydrogen-bond donors (Lipinski definition) is 2. The van der Waals surface area contributed by atoms with Crippen LogP contribution in [0.5, 0.6) is 0 Å². The number of hydrogen-bond acceptors (Lipinski definition) is 5. The molecule has 0 spiro atoms. The second-order valence-corrected chi connectivity index (χ2v) is 5.12. The van der Waals surface area contributed by atoms with Crippen LogP contribution >= 0.6 is 15.9 Å². The number of benzene rings is 1. The first-order valence-electron chi connectivity index (χ1n) is 6.08. The van der Waals surface area contributed by atoms with Crippen LogP contribution in [0.2, 0.25) is 0 Å². The molecule has 0 aliphatic rings. The van der Waals surface area contributed by atoms with E-state index in [1.807, 2.05) is 30.3 Å². The van der Waals surface area contributed by atoms with Crippen molar-refractivity contribution in [1.82, 2.24) is 15.0 Å². The molecule has 3 rings (SSSR count). The Kier molecular flexibility index (Phi) is 3.47. The molecule has 0 aliphatic carbocycles. The molecule has 6 heteroatoms. The summed E-state index contributed by atoms with van der Waals surface area (Å²) in [6.07, 6.45) is 3.43. The Morgan fingerprint density at radius 1 is 1.15 bits per heavy atom. The number of fused-ring (bicyclic) bond motifs is 1. The van der Waals surface area contributed by atoms with Gasteiger partial charge in [0.15, 0.2) is 0 Å². The van der Waals surface area contributed by atoms with Crippen molar-refractivity contribution in [2.45, 2.75) is 6.54 Å². The molecule has 2 heterocycles. The highest BCUT2D eigenvalue weighted by Crippen LogP contribution is 2.21. The number of nitrogens with zero attached hydrogens (tertiary/aromatic N) is 3. The molecular weight excluding hydrogens is 318 g/mol. The number of anilines is 2. The van der Waals surface area contributed by atoms with Crippen molar-refractivity contribution < 1.29 is 0 Å². The third kappa shape index (κ3) is 2.55. The summed E-state index contributed by atoms with van der Waals surface area (Å²) in [5, 5.41) is 4.36. The largest absolute Gasteiger partial charge is 0.368 e. The molecule has 100 valence electrons. The standard InChI is InChI=1S/C14H12BrN5/c15-11-8-19-14(16)20-13(11)18-7-10-4-1-3-9-5-2-6-17-12(9)10/h1-6,8H,7H2,(H3,16,18,19,20). The molecule has 5 nitrogen and oxygen atoms in total. The fourth-order valence-corrected chi connectivity index (χ4v) is 2.32. The summed E-state index contributed by atoms with van der Waals surface area (Å²) in [4.78, 5) is 12.5. The van der Waals surface area contributed by atoms with Gasteiger partial charge in [-0.05, 0) is 27.6 Å². The summed E-state index contributed by atoms with van der Waals surface area (Å²) in [6.45, 7) is 0.614. The van der Waals surface area contributed by atoms with Crippen molar-refractivity contribution in [3.8, 4) is 0 Å². The number of rotatable bonds is 3. The van der Waals surface area contributed by atoms with Gasteiger partial charge in [-0.1, -0.05) is 24.3 Å². The Labute approximate surface area is 124 Å². The maximum atomic E-state index is 5.59. The lowest BCUT2D eigenvalue weighted by molar-refractivity contribution is 1.08. The molecule has 3 N–H and O–H groups in total. The van der Waals surface area contributed by atoms with Crippen LogP contribution < -0.4 is 11.1 Å². The van der Waals surface area contributed by atoms with Crippen molar-refractivity contribution >= 4 is 38.6 Å². The number of pyridine rings is 1. The van der Waals surface area contributed by atoms with E-state index in [-0.39, 0.29) is 5.95 Å². The quantitative estimate of drug-likeness (QED) is 0.772. The molecule has 0 saturated heterocycles. The molecule has 0 bridgehead atoms. The summed E-state index contributed by atoms with van der Waals surface area (Å²) in [5.74, 6) is 0.914. The molecule has 2 aromatic heterocycles. The second kappa shape index (κ2) is 5.42. The zero-order chi connectivity index (χ0) is 13.9. The average Bonchev–Trinajstić information content (AvgIpc) is 2.48. The maximum absolute atomic E-state index is 5.59. The SMILES string of the molecule is Nc1ncc(Br)c(NCc2cccc3cccnc23)n1. The predicted molar refractivity (Wildman–Crippen MR) is 83.2 cm³/mol. The van der Waals surface area contributed by atoms with Gasteiger partial charge in [0, 0.05) is 24.3 Å².